The van der Waals surface area contributed by atoms with E-state index in [2.05, 4.69) is 6.58 Å². The number of sulfonamides is 1. The minimum Gasteiger partial charge on any atom is -0.481 e. The van der Waals surface area contributed by atoms with E-state index in [4.69, 9.17) is 11.6 Å². The third-order valence-electron chi connectivity index (χ3n) is 5.31. The summed E-state index contributed by atoms with van der Waals surface area (Å²) in [6, 6.07) is 13.4. The van der Waals surface area contributed by atoms with E-state index >= 15 is 0 Å². The number of aliphatic carboxylic acids is 1. The molecule has 8 heteroatoms. The molecule has 0 unspecified atom stereocenters. The zero-order valence-electron chi connectivity index (χ0n) is 16.6. The lowest BCUT2D eigenvalue weighted by molar-refractivity contribution is -0.143. The summed E-state index contributed by atoms with van der Waals surface area (Å²) in [5, 5.41) is 10.2. The zero-order chi connectivity index (χ0) is 21.9. The Morgan fingerprint density at radius 3 is 2.53 bits per heavy atom. The normalized spacial score (nSPS) is 22.5. The second-order valence-corrected chi connectivity index (χ2v) is 10.8. The number of hydrogen-bond acceptors (Lipinski definition) is 4. The van der Waals surface area contributed by atoms with E-state index < -0.39 is 28.0 Å². The van der Waals surface area contributed by atoms with Gasteiger partial charge in [-0.15, -0.1) is 6.58 Å². The van der Waals surface area contributed by atoms with E-state index in [1.165, 1.54) is 16.1 Å². The molecule has 1 N–H and O–H groups in total. The van der Waals surface area contributed by atoms with E-state index in [-0.39, 0.29) is 16.7 Å². The molecule has 3 atom stereocenters. The maximum atomic E-state index is 13.6. The predicted molar refractivity (Wildman–Crippen MR) is 121 cm³/mol. The molecule has 0 radical (unpaired) electrons. The summed E-state index contributed by atoms with van der Waals surface area (Å²) in [5.74, 6) is -1.19. The van der Waals surface area contributed by atoms with Gasteiger partial charge in [0.25, 0.3) is 0 Å². The van der Waals surface area contributed by atoms with Crippen molar-refractivity contribution >= 4 is 39.4 Å². The Balaban J connectivity index is 2.08. The Labute approximate surface area is 186 Å². The molecule has 0 saturated carbocycles. The Hall–Kier alpha value is -1.80. The molecule has 0 aromatic heterocycles. The molecule has 2 aromatic carbocycles. The number of carboxylic acid groups (broad SMARTS) is 1. The van der Waals surface area contributed by atoms with Crippen LogP contribution >= 0.6 is 23.4 Å². The lowest BCUT2D eigenvalue weighted by Gasteiger charge is -2.42. The number of carboxylic acids is 1. The molecular weight excluding hydrogens is 442 g/mol. The summed E-state index contributed by atoms with van der Waals surface area (Å²) in [6.07, 6.45) is 2.12. The first-order valence-electron chi connectivity index (χ1n) is 9.54. The van der Waals surface area contributed by atoms with Gasteiger partial charge in [-0.2, -0.15) is 16.1 Å². The fraction of sp³-hybridized carbons (Fsp3) is 0.318. The number of hydrogen-bond donors (Lipinski definition) is 1. The van der Waals surface area contributed by atoms with Gasteiger partial charge in [-0.3, -0.25) is 4.79 Å². The summed E-state index contributed by atoms with van der Waals surface area (Å²) in [5.41, 5.74) is 1.42. The lowest BCUT2D eigenvalue weighted by Crippen LogP contribution is -2.49. The van der Waals surface area contributed by atoms with Gasteiger partial charge in [0, 0.05) is 22.6 Å². The van der Waals surface area contributed by atoms with Gasteiger partial charge < -0.3 is 5.11 Å². The molecule has 1 aliphatic rings. The van der Waals surface area contributed by atoms with Crippen LogP contribution in [0, 0.1) is 12.8 Å². The highest BCUT2D eigenvalue weighted by Crippen LogP contribution is 2.42. The van der Waals surface area contributed by atoms with Crippen LogP contribution in [0.3, 0.4) is 0 Å². The number of carbonyl (C=O) groups is 1. The highest BCUT2D eigenvalue weighted by molar-refractivity contribution is 8.00. The van der Waals surface area contributed by atoms with Crippen LogP contribution < -0.4 is 0 Å². The van der Waals surface area contributed by atoms with Crippen LogP contribution in [-0.4, -0.2) is 41.3 Å². The van der Waals surface area contributed by atoms with Gasteiger partial charge in [-0.1, -0.05) is 48.0 Å². The van der Waals surface area contributed by atoms with Gasteiger partial charge in [0.15, 0.2) is 0 Å². The molecule has 0 amide bonds. The summed E-state index contributed by atoms with van der Waals surface area (Å²) >= 11 is 7.53. The summed E-state index contributed by atoms with van der Waals surface area (Å²) in [6.45, 7) is 5.37. The fourth-order valence-corrected chi connectivity index (χ4v) is 6.92. The van der Waals surface area contributed by atoms with Gasteiger partial charge in [-0.25, -0.2) is 8.42 Å². The Morgan fingerprint density at radius 1 is 1.27 bits per heavy atom. The average molecular weight is 466 g/mol. The van der Waals surface area contributed by atoms with Crippen molar-refractivity contribution in [1.29, 1.82) is 0 Å². The number of aryl methyl sites for hydroxylation is 1. The zero-order valence-corrected chi connectivity index (χ0v) is 19.0. The summed E-state index contributed by atoms with van der Waals surface area (Å²) in [7, 11) is -3.90. The summed E-state index contributed by atoms with van der Waals surface area (Å²) < 4.78 is 28.6. The minimum absolute atomic E-state index is 0.0892. The van der Waals surface area contributed by atoms with Crippen molar-refractivity contribution in [2.45, 2.75) is 29.5 Å². The van der Waals surface area contributed by atoms with Crippen LogP contribution in [0.1, 0.15) is 23.6 Å². The topological polar surface area (TPSA) is 74.7 Å². The molecule has 5 nitrogen and oxygen atoms in total. The molecule has 1 aliphatic heterocycles. The Kier molecular flexibility index (Phi) is 7.29. The first-order valence-corrected chi connectivity index (χ1v) is 12.4. The molecule has 30 heavy (non-hydrogen) atoms. The van der Waals surface area contributed by atoms with Crippen molar-refractivity contribution in [3.8, 4) is 0 Å². The molecule has 2 aromatic rings. The molecule has 3 rings (SSSR count). The van der Waals surface area contributed by atoms with Gasteiger partial charge in [0.05, 0.1) is 16.9 Å². The molecule has 0 bridgehead atoms. The molecule has 0 spiro atoms. The van der Waals surface area contributed by atoms with Crippen molar-refractivity contribution in [2.24, 2.45) is 5.92 Å². The van der Waals surface area contributed by atoms with Gasteiger partial charge >= 0.3 is 5.97 Å². The standard InChI is InChI=1S/C22H24ClNO4S2/c1-3-12-29-20-13-19(16-8-10-17(23)11-9-16)24(14-18(20)22(25)26)30(27,28)21-7-5-4-6-15(21)2/h3-11,18-20H,1,12-14H2,2H3,(H,25,26)/t18-,19+,20-/m1/s1. The molecule has 0 aliphatic carbocycles. The maximum Gasteiger partial charge on any atom is 0.308 e. The fourth-order valence-electron chi connectivity index (χ4n) is 3.78. The number of piperidine rings is 1. The first-order chi connectivity index (χ1) is 14.3. The van der Waals surface area contributed by atoms with Crippen LogP contribution in [0.15, 0.2) is 66.1 Å². The maximum absolute atomic E-state index is 13.6. The van der Waals surface area contributed by atoms with Crippen LogP contribution in [0.2, 0.25) is 5.02 Å². The molecular formula is C22H24ClNO4S2. The number of benzene rings is 2. The van der Waals surface area contributed by atoms with E-state index in [1.54, 1.807) is 49.4 Å². The molecule has 1 heterocycles. The second-order valence-electron chi connectivity index (χ2n) is 7.25. The summed E-state index contributed by atoms with van der Waals surface area (Å²) in [4.78, 5) is 12.2. The number of halogens is 1. The van der Waals surface area contributed by atoms with Crippen molar-refractivity contribution in [3.63, 3.8) is 0 Å². The SMILES string of the molecule is C=CCS[C@@H]1C[C@@H](c2ccc(Cl)cc2)N(S(=O)(=O)c2ccccc2C)C[C@H]1C(=O)O. The van der Waals surface area contributed by atoms with Crippen LogP contribution in [0.25, 0.3) is 0 Å². The Morgan fingerprint density at radius 2 is 1.93 bits per heavy atom. The van der Waals surface area contributed by atoms with Crippen molar-refractivity contribution in [3.05, 3.63) is 77.3 Å². The van der Waals surface area contributed by atoms with Gasteiger partial charge in [0.1, 0.15) is 0 Å². The highest BCUT2D eigenvalue weighted by atomic mass is 35.5. The van der Waals surface area contributed by atoms with Crippen LogP contribution in [-0.2, 0) is 14.8 Å². The largest absolute Gasteiger partial charge is 0.481 e. The highest BCUT2D eigenvalue weighted by Gasteiger charge is 2.45. The minimum atomic E-state index is -3.90. The van der Waals surface area contributed by atoms with E-state index in [0.717, 1.165) is 5.56 Å². The van der Waals surface area contributed by atoms with E-state index in [1.807, 2.05) is 12.1 Å². The van der Waals surface area contributed by atoms with Crippen LogP contribution in [0.4, 0.5) is 0 Å². The number of rotatable bonds is 7. The third kappa shape index (κ3) is 4.75. The van der Waals surface area contributed by atoms with E-state index in [9.17, 15) is 18.3 Å². The number of thioether (sulfide) groups is 1. The monoisotopic (exact) mass is 465 g/mol. The molecule has 1 saturated heterocycles. The quantitative estimate of drug-likeness (QED) is 0.596. The average Bonchev–Trinajstić information content (AvgIpc) is 2.72. The second kappa shape index (κ2) is 9.56. The predicted octanol–water partition coefficient (Wildman–Crippen LogP) is 4.77. The van der Waals surface area contributed by atoms with Crippen molar-refractivity contribution in [1.82, 2.24) is 4.31 Å². The van der Waals surface area contributed by atoms with E-state index in [0.29, 0.717) is 22.8 Å². The van der Waals surface area contributed by atoms with Gasteiger partial charge in [0.2, 0.25) is 10.0 Å². The molecule has 1 fully saturated rings. The first kappa shape index (κ1) is 22.9. The van der Waals surface area contributed by atoms with Gasteiger partial charge in [-0.05, 0) is 42.7 Å². The van der Waals surface area contributed by atoms with Crippen molar-refractivity contribution < 1.29 is 18.3 Å². The Bertz CT molecular complexity index is 1020. The number of nitrogens with zero attached hydrogens (tertiary/aromatic N) is 1. The third-order valence-corrected chi connectivity index (χ3v) is 8.97. The lowest BCUT2D eigenvalue weighted by atomic mass is 9.90. The van der Waals surface area contributed by atoms with Crippen LogP contribution in [0.5, 0.6) is 0 Å². The molecule has 160 valence electrons. The van der Waals surface area contributed by atoms with Crippen molar-refractivity contribution in [2.75, 3.05) is 12.3 Å². The smallest absolute Gasteiger partial charge is 0.308 e.